The number of nitrogens with one attached hydrogen (secondary N) is 2. The van der Waals surface area contributed by atoms with Gasteiger partial charge in [-0.1, -0.05) is 6.07 Å². The standard InChI is InChI=1S/C27H37N5O2S/c1-26(2,3)30-35-21-6-4-5-20(19-21)28-25(33)22-7-8-23(31-15-17-34-18-16-31)29-24(22)32-13-11-27(9-10-27)12-14-32/h4-8,19,30H,9-18H2,1-3H3,(H,28,33). The summed E-state index contributed by atoms with van der Waals surface area (Å²) in [5, 5.41) is 3.12. The lowest BCUT2D eigenvalue weighted by Crippen LogP contribution is -2.39. The van der Waals surface area contributed by atoms with Crippen LogP contribution in [-0.4, -0.2) is 55.8 Å². The highest BCUT2D eigenvalue weighted by molar-refractivity contribution is 7.97. The van der Waals surface area contributed by atoms with Gasteiger partial charge >= 0.3 is 0 Å². The number of nitrogens with zero attached hydrogens (tertiary/aromatic N) is 3. The van der Waals surface area contributed by atoms with Crippen LogP contribution in [0.2, 0.25) is 0 Å². The van der Waals surface area contributed by atoms with Gasteiger partial charge in [0.2, 0.25) is 0 Å². The molecule has 0 atom stereocenters. The smallest absolute Gasteiger partial charge is 0.259 e. The number of carbonyl (C=O) groups excluding carboxylic acids is 1. The lowest BCUT2D eigenvalue weighted by molar-refractivity contribution is 0.102. The molecule has 2 aromatic rings. The Labute approximate surface area is 213 Å². The molecule has 1 aromatic heterocycles. The average molecular weight is 496 g/mol. The molecule has 0 unspecified atom stereocenters. The van der Waals surface area contributed by atoms with Gasteiger partial charge in [-0.3, -0.25) is 9.52 Å². The van der Waals surface area contributed by atoms with E-state index in [4.69, 9.17) is 9.72 Å². The predicted octanol–water partition coefficient (Wildman–Crippen LogP) is 4.95. The van der Waals surface area contributed by atoms with Gasteiger partial charge in [-0.2, -0.15) is 0 Å². The Hall–Kier alpha value is -2.29. The van der Waals surface area contributed by atoms with E-state index >= 15 is 0 Å². The molecule has 1 saturated carbocycles. The quantitative estimate of drug-likeness (QED) is 0.550. The summed E-state index contributed by atoms with van der Waals surface area (Å²) in [7, 11) is 0. The number of hydrogen-bond acceptors (Lipinski definition) is 7. The Morgan fingerprint density at radius 1 is 1.00 bits per heavy atom. The number of aromatic nitrogens is 1. The number of morpholine rings is 1. The maximum absolute atomic E-state index is 13.5. The first-order valence-corrected chi connectivity index (χ1v) is 13.6. The number of amides is 1. The molecule has 3 aliphatic rings. The van der Waals surface area contributed by atoms with Crippen LogP contribution in [0.3, 0.4) is 0 Å². The van der Waals surface area contributed by atoms with E-state index in [1.165, 1.54) is 25.7 Å². The predicted molar refractivity (Wildman–Crippen MR) is 144 cm³/mol. The van der Waals surface area contributed by atoms with Crippen molar-refractivity contribution < 1.29 is 9.53 Å². The molecule has 7 nitrogen and oxygen atoms in total. The van der Waals surface area contributed by atoms with Crippen molar-refractivity contribution in [1.82, 2.24) is 9.71 Å². The van der Waals surface area contributed by atoms with Crippen LogP contribution in [0.4, 0.5) is 17.3 Å². The topological polar surface area (TPSA) is 69.7 Å². The number of benzene rings is 1. The maximum atomic E-state index is 13.5. The number of hydrogen-bond donors (Lipinski definition) is 2. The third kappa shape index (κ3) is 6.11. The van der Waals surface area contributed by atoms with Crippen LogP contribution in [0.5, 0.6) is 0 Å². The molecule has 188 valence electrons. The fraction of sp³-hybridized carbons (Fsp3) is 0.556. The Bertz CT molecular complexity index is 1050. The number of carbonyl (C=O) groups is 1. The zero-order valence-electron chi connectivity index (χ0n) is 21.1. The minimum atomic E-state index is -0.112. The summed E-state index contributed by atoms with van der Waals surface area (Å²) >= 11 is 1.58. The molecule has 0 radical (unpaired) electrons. The van der Waals surface area contributed by atoms with Crippen molar-refractivity contribution in [3.05, 3.63) is 42.0 Å². The molecule has 0 bridgehead atoms. The van der Waals surface area contributed by atoms with Crippen LogP contribution in [0.1, 0.15) is 56.8 Å². The average Bonchev–Trinajstić information content (AvgIpc) is 3.62. The second-order valence-corrected chi connectivity index (χ2v) is 11.9. The number of piperidine rings is 1. The second kappa shape index (κ2) is 9.99. The van der Waals surface area contributed by atoms with Crippen molar-refractivity contribution in [2.24, 2.45) is 5.41 Å². The van der Waals surface area contributed by atoms with E-state index in [2.05, 4.69) is 40.6 Å². The Morgan fingerprint density at radius 3 is 2.43 bits per heavy atom. The minimum absolute atomic E-state index is 0.000205. The van der Waals surface area contributed by atoms with Gasteiger partial charge in [0.25, 0.3) is 5.91 Å². The van der Waals surface area contributed by atoms with Crippen molar-refractivity contribution in [1.29, 1.82) is 0 Å². The molecule has 1 aromatic carbocycles. The van der Waals surface area contributed by atoms with E-state index in [0.29, 0.717) is 24.2 Å². The number of pyridine rings is 1. The molecular weight excluding hydrogens is 458 g/mol. The maximum Gasteiger partial charge on any atom is 0.259 e. The van der Waals surface area contributed by atoms with E-state index in [-0.39, 0.29) is 11.4 Å². The van der Waals surface area contributed by atoms with Gasteiger partial charge in [0.15, 0.2) is 0 Å². The summed E-state index contributed by atoms with van der Waals surface area (Å²) in [6.45, 7) is 11.4. The van der Waals surface area contributed by atoms with Gasteiger partial charge in [0.05, 0.1) is 18.8 Å². The van der Waals surface area contributed by atoms with Crippen LogP contribution >= 0.6 is 11.9 Å². The second-order valence-electron chi connectivity index (χ2n) is 11.1. The number of ether oxygens (including phenoxy) is 1. The van der Waals surface area contributed by atoms with Crippen molar-refractivity contribution in [2.75, 3.05) is 54.5 Å². The van der Waals surface area contributed by atoms with Crippen LogP contribution in [-0.2, 0) is 4.74 Å². The molecule has 3 fully saturated rings. The molecule has 1 aliphatic carbocycles. The molecule has 1 spiro atoms. The molecular formula is C27H37N5O2S. The third-order valence-corrected chi connectivity index (χ3v) is 8.29. The van der Waals surface area contributed by atoms with Gasteiger partial charge < -0.3 is 19.9 Å². The first-order chi connectivity index (χ1) is 16.8. The van der Waals surface area contributed by atoms with E-state index in [0.717, 1.165) is 48.4 Å². The van der Waals surface area contributed by atoms with E-state index in [9.17, 15) is 4.79 Å². The zero-order valence-corrected chi connectivity index (χ0v) is 21.9. The van der Waals surface area contributed by atoms with Gasteiger partial charge in [0, 0.05) is 42.3 Å². The van der Waals surface area contributed by atoms with Crippen LogP contribution < -0.4 is 19.8 Å². The molecule has 2 N–H and O–H groups in total. The Balaban J connectivity index is 1.36. The molecule has 35 heavy (non-hydrogen) atoms. The van der Waals surface area contributed by atoms with Crippen LogP contribution in [0.25, 0.3) is 0 Å². The zero-order chi connectivity index (χ0) is 24.5. The lowest BCUT2D eigenvalue weighted by atomic mass is 9.93. The Kier molecular flexibility index (Phi) is 6.97. The summed E-state index contributed by atoms with van der Waals surface area (Å²) in [5.74, 6) is 1.62. The first-order valence-electron chi connectivity index (χ1n) is 12.7. The fourth-order valence-electron chi connectivity index (χ4n) is 4.74. The van der Waals surface area contributed by atoms with E-state index < -0.39 is 0 Å². The summed E-state index contributed by atoms with van der Waals surface area (Å²) in [4.78, 5) is 24.2. The van der Waals surface area contributed by atoms with Gasteiger partial charge in [-0.25, -0.2) is 4.98 Å². The Morgan fingerprint density at radius 2 is 1.74 bits per heavy atom. The number of anilines is 3. The highest BCUT2D eigenvalue weighted by Gasteiger charge is 2.45. The van der Waals surface area contributed by atoms with Gasteiger partial charge in [0.1, 0.15) is 11.6 Å². The summed E-state index contributed by atoms with van der Waals surface area (Å²) in [6, 6.07) is 11.9. The molecule has 2 saturated heterocycles. The molecule has 8 heteroatoms. The van der Waals surface area contributed by atoms with Gasteiger partial charge in [-0.05, 0) is 94.1 Å². The summed E-state index contributed by atoms with van der Waals surface area (Å²) < 4.78 is 8.95. The number of rotatable bonds is 6. The van der Waals surface area contributed by atoms with Crippen molar-refractivity contribution >= 4 is 35.2 Å². The normalized spacial score (nSPS) is 19.6. The van der Waals surface area contributed by atoms with E-state index in [1.807, 2.05) is 36.4 Å². The molecule has 3 heterocycles. The summed E-state index contributed by atoms with van der Waals surface area (Å²) in [6.07, 6.45) is 5.09. The highest BCUT2D eigenvalue weighted by Crippen LogP contribution is 2.54. The first kappa shape index (κ1) is 24.4. The van der Waals surface area contributed by atoms with Crippen molar-refractivity contribution in [2.45, 2.75) is 56.9 Å². The molecule has 1 amide bonds. The summed E-state index contributed by atoms with van der Waals surface area (Å²) in [5.41, 5.74) is 1.99. The van der Waals surface area contributed by atoms with Crippen molar-refractivity contribution in [3.8, 4) is 0 Å². The monoisotopic (exact) mass is 495 g/mol. The molecule has 2 aliphatic heterocycles. The van der Waals surface area contributed by atoms with Crippen LogP contribution in [0.15, 0.2) is 41.3 Å². The fourth-order valence-corrected chi connectivity index (χ4v) is 5.50. The highest BCUT2D eigenvalue weighted by atomic mass is 32.2. The largest absolute Gasteiger partial charge is 0.378 e. The molecule has 5 rings (SSSR count). The van der Waals surface area contributed by atoms with E-state index in [1.54, 1.807) is 11.9 Å². The minimum Gasteiger partial charge on any atom is -0.378 e. The lowest BCUT2D eigenvalue weighted by Gasteiger charge is -2.35. The third-order valence-electron chi connectivity index (χ3n) is 7.09. The van der Waals surface area contributed by atoms with Crippen LogP contribution in [0, 0.1) is 5.41 Å². The van der Waals surface area contributed by atoms with Crippen molar-refractivity contribution in [3.63, 3.8) is 0 Å². The SMILES string of the molecule is CC(C)(C)NSc1cccc(NC(=O)c2ccc(N3CCOCC3)nc2N2CCC3(CC2)CC3)c1. The van der Waals surface area contributed by atoms with Gasteiger partial charge in [-0.15, -0.1) is 0 Å².